The Kier molecular flexibility index (Phi) is 5.61. The molecule has 0 radical (unpaired) electrons. The number of nitrogens with zero attached hydrogens (tertiary/aromatic N) is 4. The van der Waals surface area contributed by atoms with E-state index in [0.29, 0.717) is 19.1 Å². The molecule has 0 aliphatic carbocycles. The van der Waals surface area contributed by atoms with E-state index < -0.39 is 5.97 Å². The number of fused-ring (bicyclic) bond motifs is 3. The Hall–Kier alpha value is -2.42. The molecule has 3 heterocycles. The summed E-state index contributed by atoms with van der Waals surface area (Å²) in [6.45, 7) is 4.48. The normalized spacial score (nSPS) is 23.3. The molecule has 8 heteroatoms. The Morgan fingerprint density at radius 3 is 2.96 bits per heavy atom. The Morgan fingerprint density at radius 1 is 1.32 bits per heavy atom. The SMILES string of the molecule is COc1ccc(-n2cccn2)c(CN2C[C@@H]3COC[C@H](C2)N(CC(=O)O)C3)c1. The summed E-state index contributed by atoms with van der Waals surface area (Å²) in [5.74, 6) is 0.329. The first-order valence-electron chi connectivity index (χ1n) is 9.55. The fourth-order valence-electron chi connectivity index (χ4n) is 4.21. The molecule has 2 fully saturated rings. The molecule has 28 heavy (non-hydrogen) atoms. The minimum Gasteiger partial charge on any atom is -0.497 e. The van der Waals surface area contributed by atoms with E-state index in [2.05, 4.69) is 21.0 Å². The maximum Gasteiger partial charge on any atom is 0.317 e. The zero-order valence-electron chi connectivity index (χ0n) is 16.0. The number of carboxylic acids is 1. The highest BCUT2D eigenvalue weighted by Crippen LogP contribution is 2.25. The van der Waals surface area contributed by atoms with Crippen LogP contribution in [0.5, 0.6) is 5.75 Å². The fourth-order valence-corrected chi connectivity index (χ4v) is 4.21. The second-order valence-corrected chi connectivity index (χ2v) is 7.52. The van der Waals surface area contributed by atoms with Gasteiger partial charge in [0.05, 0.1) is 32.6 Å². The molecule has 2 aromatic rings. The van der Waals surface area contributed by atoms with Gasteiger partial charge in [-0.3, -0.25) is 14.6 Å². The number of benzene rings is 1. The van der Waals surface area contributed by atoms with Gasteiger partial charge >= 0.3 is 5.97 Å². The van der Waals surface area contributed by atoms with E-state index in [4.69, 9.17) is 9.47 Å². The lowest BCUT2D eigenvalue weighted by atomic mass is 10.1. The van der Waals surface area contributed by atoms with Gasteiger partial charge in [0.2, 0.25) is 0 Å². The van der Waals surface area contributed by atoms with E-state index in [1.165, 1.54) is 0 Å². The summed E-state index contributed by atoms with van der Waals surface area (Å²) in [5, 5.41) is 13.6. The highest BCUT2D eigenvalue weighted by atomic mass is 16.5. The molecule has 2 saturated heterocycles. The van der Waals surface area contributed by atoms with Crippen LogP contribution in [0, 0.1) is 5.92 Å². The zero-order valence-corrected chi connectivity index (χ0v) is 16.0. The number of aromatic nitrogens is 2. The van der Waals surface area contributed by atoms with Crippen molar-refractivity contribution in [3.8, 4) is 11.4 Å². The Bertz CT molecular complexity index is 811. The van der Waals surface area contributed by atoms with Crippen LogP contribution < -0.4 is 4.74 Å². The molecule has 2 atom stereocenters. The van der Waals surface area contributed by atoms with Crippen molar-refractivity contribution < 1.29 is 19.4 Å². The van der Waals surface area contributed by atoms with Gasteiger partial charge in [-0.05, 0) is 29.8 Å². The van der Waals surface area contributed by atoms with Gasteiger partial charge in [-0.2, -0.15) is 5.10 Å². The second kappa shape index (κ2) is 8.30. The van der Waals surface area contributed by atoms with Gasteiger partial charge in [0.25, 0.3) is 0 Å². The van der Waals surface area contributed by atoms with Gasteiger partial charge in [-0.1, -0.05) is 0 Å². The second-order valence-electron chi connectivity index (χ2n) is 7.52. The lowest BCUT2D eigenvalue weighted by Crippen LogP contribution is -2.45. The molecule has 1 aromatic heterocycles. The molecule has 1 N–H and O–H groups in total. The van der Waals surface area contributed by atoms with Crippen molar-refractivity contribution in [1.82, 2.24) is 19.6 Å². The quantitative estimate of drug-likeness (QED) is 0.796. The molecule has 0 saturated carbocycles. The monoisotopic (exact) mass is 386 g/mol. The van der Waals surface area contributed by atoms with E-state index in [-0.39, 0.29) is 12.6 Å². The average Bonchev–Trinajstić information content (AvgIpc) is 3.06. The molecule has 8 nitrogen and oxygen atoms in total. The third-order valence-electron chi connectivity index (χ3n) is 5.43. The van der Waals surface area contributed by atoms with Crippen LogP contribution in [-0.4, -0.2) is 83.2 Å². The van der Waals surface area contributed by atoms with E-state index in [0.717, 1.165) is 43.2 Å². The van der Waals surface area contributed by atoms with Crippen molar-refractivity contribution in [2.24, 2.45) is 5.92 Å². The molecule has 0 spiro atoms. The van der Waals surface area contributed by atoms with Crippen molar-refractivity contribution >= 4 is 5.97 Å². The van der Waals surface area contributed by atoms with E-state index in [9.17, 15) is 9.90 Å². The molecule has 2 aliphatic heterocycles. The maximum absolute atomic E-state index is 11.3. The average molecular weight is 386 g/mol. The first-order chi connectivity index (χ1) is 13.6. The highest BCUT2D eigenvalue weighted by Gasteiger charge is 2.34. The van der Waals surface area contributed by atoms with Gasteiger partial charge < -0.3 is 14.6 Å². The summed E-state index contributed by atoms with van der Waals surface area (Å²) in [4.78, 5) is 15.7. The van der Waals surface area contributed by atoms with Crippen LogP contribution >= 0.6 is 0 Å². The molecule has 0 amide bonds. The first kappa shape index (κ1) is 18.9. The van der Waals surface area contributed by atoms with Crippen molar-refractivity contribution in [1.29, 1.82) is 0 Å². The third kappa shape index (κ3) is 4.19. The van der Waals surface area contributed by atoms with Crippen molar-refractivity contribution in [3.05, 3.63) is 42.2 Å². The largest absolute Gasteiger partial charge is 0.497 e. The predicted molar refractivity (Wildman–Crippen MR) is 103 cm³/mol. The number of methoxy groups -OCH3 is 1. The summed E-state index contributed by atoms with van der Waals surface area (Å²) in [5.41, 5.74) is 2.16. The number of aliphatic carboxylic acids is 1. The van der Waals surface area contributed by atoms with Gasteiger partial charge in [-0.25, -0.2) is 4.68 Å². The number of carbonyl (C=O) groups is 1. The summed E-state index contributed by atoms with van der Waals surface area (Å²) in [7, 11) is 1.67. The van der Waals surface area contributed by atoms with Crippen LogP contribution in [0.1, 0.15) is 5.56 Å². The number of rotatable bonds is 6. The van der Waals surface area contributed by atoms with Crippen LogP contribution in [0.2, 0.25) is 0 Å². The van der Waals surface area contributed by atoms with Gasteiger partial charge in [-0.15, -0.1) is 0 Å². The Morgan fingerprint density at radius 2 is 2.21 bits per heavy atom. The van der Waals surface area contributed by atoms with E-state index in [1.807, 2.05) is 29.1 Å². The van der Waals surface area contributed by atoms with Crippen molar-refractivity contribution in [3.63, 3.8) is 0 Å². The molecule has 4 rings (SSSR count). The molecular formula is C20H26N4O4. The minimum atomic E-state index is -0.784. The number of hydrogen-bond donors (Lipinski definition) is 1. The summed E-state index contributed by atoms with van der Waals surface area (Å²) < 4.78 is 13.1. The van der Waals surface area contributed by atoms with E-state index >= 15 is 0 Å². The molecule has 2 bridgehead atoms. The number of hydrogen-bond acceptors (Lipinski definition) is 6. The molecular weight excluding hydrogens is 360 g/mol. The predicted octanol–water partition coefficient (Wildman–Crippen LogP) is 1.10. The van der Waals surface area contributed by atoms with Gasteiger partial charge in [0, 0.05) is 50.5 Å². The lowest BCUT2D eigenvalue weighted by molar-refractivity contribution is -0.139. The summed E-state index contributed by atoms with van der Waals surface area (Å²) in [6.07, 6.45) is 3.70. The zero-order chi connectivity index (χ0) is 19.5. The van der Waals surface area contributed by atoms with Gasteiger partial charge in [0.1, 0.15) is 5.75 Å². The van der Waals surface area contributed by atoms with Crippen LogP contribution in [0.15, 0.2) is 36.7 Å². The smallest absolute Gasteiger partial charge is 0.317 e. The van der Waals surface area contributed by atoms with Crippen LogP contribution in [0.3, 0.4) is 0 Å². The maximum atomic E-state index is 11.3. The standard InChI is InChI=1S/C20H26N4O4/c1-27-18-3-4-19(24-6-2-5-21-24)16(7-18)10-22-8-15-9-23(12-20(25)26)17(11-22)14-28-13-15/h2-7,15,17H,8-14H2,1H3,(H,25,26)/t15-,17-/m0/s1. The Balaban J connectivity index is 1.58. The van der Waals surface area contributed by atoms with Crippen LogP contribution in [-0.2, 0) is 16.1 Å². The topological polar surface area (TPSA) is 80.1 Å². The molecule has 0 unspecified atom stereocenters. The molecule has 1 aromatic carbocycles. The van der Waals surface area contributed by atoms with Gasteiger partial charge in [0.15, 0.2) is 0 Å². The van der Waals surface area contributed by atoms with E-state index in [1.54, 1.807) is 13.3 Å². The molecule has 150 valence electrons. The third-order valence-corrected chi connectivity index (χ3v) is 5.43. The van der Waals surface area contributed by atoms with Crippen molar-refractivity contribution in [2.75, 3.05) is 46.5 Å². The number of ether oxygens (including phenoxy) is 2. The highest BCUT2D eigenvalue weighted by molar-refractivity contribution is 5.69. The fraction of sp³-hybridized carbons (Fsp3) is 0.500. The van der Waals surface area contributed by atoms with Crippen LogP contribution in [0.25, 0.3) is 5.69 Å². The first-order valence-corrected chi connectivity index (χ1v) is 9.55. The summed E-state index contributed by atoms with van der Waals surface area (Å²) >= 11 is 0. The van der Waals surface area contributed by atoms with Crippen LogP contribution in [0.4, 0.5) is 0 Å². The van der Waals surface area contributed by atoms with Crippen molar-refractivity contribution in [2.45, 2.75) is 12.6 Å². The lowest BCUT2D eigenvalue weighted by Gasteiger charge is -2.31. The number of carboxylic acid groups (broad SMARTS) is 1. The summed E-state index contributed by atoms with van der Waals surface area (Å²) in [6, 6.07) is 8.02. The molecule has 2 aliphatic rings. The Labute approximate surface area is 164 Å². The minimum absolute atomic E-state index is 0.0655.